The van der Waals surface area contributed by atoms with Gasteiger partial charge in [-0.1, -0.05) is 33.1 Å². The van der Waals surface area contributed by atoms with Gasteiger partial charge in [0.1, 0.15) is 0 Å². The van der Waals surface area contributed by atoms with Gasteiger partial charge in [-0.15, -0.1) is 7.92 Å². The van der Waals surface area contributed by atoms with Gasteiger partial charge in [-0.25, -0.2) is 0 Å². The van der Waals surface area contributed by atoms with Crippen LogP contribution in [0.15, 0.2) is 0 Å². The summed E-state index contributed by atoms with van der Waals surface area (Å²) in [5.74, 6) is 0. The van der Waals surface area contributed by atoms with Crippen molar-refractivity contribution in [1.82, 2.24) is 0 Å². The normalized spacial score (nSPS) is 24.0. The first kappa shape index (κ1) is 9.52. The molecule has 0 aromatic heterocycles. The molecule has 1 aliphatic rings. The Morgan fingerprint density at radius 2 is 1.64 bits per heavy atom. The second kappa shape index (κ2) is 4.45. The van der Waals surface area contributed by atoms with Crippen molar-refractivity contribution in [2.75, 3.05) is 6.66 Å². The van der Waals surface area contributed by atoms with Crippen LogP contribution in [0.25, 0.3) is 0 Å². The first-order chi connectivity index (χ1) is 5.22. The molecule has 0 amide bonds. The third-order valence-corrected chi connectivity index (χ3v) is 6.26. The molecule has 1 atom stereocenters. The molecule has 1 heteroatoms. The van der Waals surface area contributed by atoms with Crippen molar-refractivity contribution in [2.45, 2.75) is 57.3 Å². The van der Waals surface area contributed by atoms with E-state index in [1.807, 2.05) is 0 Å². The summed E-state index contributed by atoms with van der Waals surface area (Å²) in [6.07, 6.45) is 7.56. The maximum atomic E-state index is 2.50. The van der Waals surface area contributed by atoms with Crippen LogP contribution in [0.5, 0.6) is 0 Å². The van der Waals surface area contributed by atoms with E-state index in [4.69, 9.17) is 0 Å². The fraction of sp³-hybridized carbons (Fsp3) is 1.00. The van der Waals surface area contributed by atoms with E-state index in [-0.39, 0.29) is 0 Å². The lowest BCUT2D eigenvalue weighted by atomic mass is 10.0. The van der Waals surface area contributed by atoms with Crippen molar-refractivity contribution < 1.29 is 0 Å². The quantitative estimate of drug-likeness (QED) is 0.555. The lowest BCUT2D eigenvalue weighted by molar-refractivity contribution is 0.510. The van der Waals surface area contributed by atoms with Crippen LogP contribution in [0, 0.1) is 0 Å². The van der Waals surface area contributed by atoms with Gasteiger partial charge in [0.15, 0.2) is 0 Å². The minimum atomic E-state index is 0.342. The molecule has 66 valence electrons. The van der Waals surface area contributed by atoms with Crippen molar-refractivity contribution in [1.29, 1.82) is 0 Å². The summed E-state index contributed by atoms with van der Waals surface area (Å²) < 4.78 is 0. The second-order valence-corrected chi connectivity index (χ2v) is 7.15. The minimum Gasteiger partial charge on any atom is -0.104 e. The Bertz CT molecular complexity index is 103. The molecular weight excluding hydrogens is 151 g/mol. The molecule has 1 rings (SSSR count). The van der Waals surface area contributed by atoms with Gasteiger partial charge in [0, 0.05) is 0 Å². The molecule has 0 nitrogen and oxygen atoms in total. The summed E-state index contributed by atoms with van der Waals surface area (Å²) in [7, 11) is 0.342. The number of hydrogen-bond donors (Lipinski definition) is 0. The summed E-state index contributed by atoms with van der Waals surface area (Å²) in [5.41, 5.74) is 2.06. The number of hydrogen-bond acceptors (Lipinski definition) is 0. The molecule has 0 radical (unpaired) electrons. The van der Waals surface area contributed by atoms with E-state index in [0.717, 1.165) is 11.3 Å². The summed E-state index contributed by atoms with van der Waals surface area (Å²) in [4.78, 5) is 0. The highest BCUT2D eigenvalue weighted by Crippen LogP contribution is 2.48. The van der Waals surface area contributed by atoms with Crippen molar-refractivity contribution in [3.63, 3.8) is 0 Å². The maximum Gasteiger partial charge on any atom is -0.0209 e. The molecule has 1 unspecified atom stereocenters. The first-order valence-electron chi connectivity index (χ1n) is 4.93. The molecule has 1 aliphatic carbocycles. The zero-order valence-corrected chi connectivity index (χ0v) is 9.03. The summed E-state index contributed by atoms with van der Waals surface area (Å²) >= 11 is 0. The molecule has 0 aromatic carbocycles. The standard InChI is InChI=1S/C10H21P/c1-9(2)11(3)10-7-5-4-6-8-10/h9-10H,4-8H2,1-3H3. The van der Waals surface area contributed by atoms with Crippen LogP contribution in [0.3, 0.4) is 0 Å². The van der Waals surface area contributed by atoms with Crippen molar-refractivity contribution in [3.8, 4) is 0 Å². The van der Waals surface area contributed by atoms with Crippen LogP contribution < -0.4 is 0 Å². The molecular formula is C10H21P. The zero-order chi connectivity index (χ0) is 8.27. The Morgan fingerprint density at radius 3 is 2.09 bits per heavy atom. The predicted molar refractivity (Wildman–Crippen MR) is 54.9 cm³/mol. The highest BCUT2D eigenvalue weighted by atomic mass is 31.1. The zero-order valence-electron chi connectivity index (χ0n) is 8.14. The predicted octanol–water partition coefficient (Wildman–Crippen LogP) is 3.84. The molecule has 0 aliphatic heterocycles. The van der Waals surface area contributed by atoms with Crippen molar-refractivity contribution in [3.05, 3.63) is 0 Å². The van der Waals surface area contributed by atoms with E-state index in [0.29, 0.717) is 7.92 Å². The van der Waals surface area contributed by atoms with Crippen molar-refractivity contribution in [2.24, 2.45) is 0 Å². The van der Waals surface area contributed by atoms with E-state index in [2.05, 4.69) is 20.5 Å². The summed E-state index contributed by atoms with van der Waals surface area (Å²) in [5, 5.41) is 0. The van der Waals surface area contributed by atoms with Gasteiger partial charge in [0.05, 0.1) is 0 Å². The fourth-order valence-electron chi connectivity index (χ4n) is 1.91. The monoisotopic (exact) mass is 172 g/mol. The minimum absolute atomic E-state index is 0.342. The van der Waals surface area contributed by atoms with Gasteiger partial charge in [-0.2, -0.15) is 0 Å². The van der Waals surface area contributed by atoms with Gasteiger partial charge < -0.3 is 0 Å². The average molecular weight is 172 g/mol. The molecule has 0 N–H and O–H groups in total. The molecule has 1 saturated carbocycles. The van der Waals surface area contributed by atoms with Crippen LogP contribution in [0.4, 0.5) is 0 Å². The van der Waals surface area contributed by atoms with Gasteiger partial charge in [-0.05, 0) is 30.8 Å². The highest BCUT2D eigenvalue weighted by Gasteiger charge is 2.21. The fourth-order valence-corrected chi connectivity index (χ4v) is 3.93. The Balaban J connectivity index is 2.32. The third kappa shape index (κ3) is 2.75. The highest BCUT2D eigenvalue weighted by molar-refractivity contribution is 7.58. The topological polar surface area (TPSA) is 0 Å². The van der Waals surface area contributed by atoms with Crippen molar-refractivity contribution >= 4 is 7.92 Å². The van der Waals surface area contributed by atoms with E-state index >= 15 is 0 Å². The van der Waals surface area contributed by atoms with E-state index in [1.165, 1.54) is 32.1 Å². The Morgan fingerprint density at radius 1 is 1.09 bits per heavy atom. The van der Waals surface area contributed by atoms with Crippen LogP contribution in [0.1, 0.15) is 46.0 Å². The summed E-state index contributed by atoms with van der Waals surface area (Å²) in [6, 6.07) is 0. The molecule has 0 spiro atoms. The maximum absolute atomic E-state index is 2.50. The second-order valence-electron chi connectivity index (χ2n) is 4.05. The number of rotatable bonds is 2. The summed E-state index contributed by atoms with van der Waals surface area (Å²) in [6.45, 7) is 7.27. The Labute approximate surface area is 72.5 Å². The molecule has 0 saturated heterocycles. The molecule has 11 heavy (non-hydrogen) atoms. The molecule has 0 bridgehead atoms. The van der Waals surface area contributed by atoms with Crippen LogP contribution in [0.2, 0.25) is 0 Å². The first-order valence-corrected chi connectivity index (χ1v) is 6.86. The molecule has 1 fully saturated rings. The van der Waals surface area contributed by atoms with E-state index in [9.17, 15) is 0 Å². The lowest BCUT2D eigenvalue weighted by Crippen LogP contribution is -2.13. The van der Waals surface area contributed by atoms with Gasteiger partial charge in [0.25, 0.3) is 0 Å². The van der Waals surface area contributed by atoms with Crippen LogP contribution >= 0.6 is 7.92 Å². The Hall–Kier alpha value is 0.430. The lowest BCUT2D eigenvalue weighted by Gasteiger charge is -2.30. The average Bonchev–Trinajstić information content (AvgIpc) is 2.05. The Kier molecular flexibility index (Phi) is 3.85. The van der Waals surface area contributed by atoms with Crippen LogP contribution in [-0.4, -0.2) is 18.0 Å². The van der Waals surface area contributed by atoms with E-state index in [1.54, 1.807) is 0 Å². The smallest absolute Gasteiger partial charge is 0.0209 e. The van der Waals surface area contributed by atoms with Gasteiger partial charge >= 0.3 is 0 Å². The molecule has 0 heterocycles. The third-order valence-electron chi connectivity index (χ3n) is 2.97. The SMILES string of the molecule is CC(C)P(C)C1CCCCC1. The van der Waals surface area contributed by atoms with Gasteiger partial charge in [-0.3, -0.25) is 0 Å². The van der Waals surface area contributed by atoms with E-state index < -0.39 is 0 Å². The van der Waals surface area contributed by atoms with Crippen LogP contribution in [-0.2, 0) is 0 Å². The molecule has 0 aromatic rings. The van der Waals surface area contributed by atoms with Gasteiger partial charge in [0.2, 0.25) is 0 Å². The largest absolute Gasteiger partial charge is 0.104 e.